The zero-order chi connectivity index (χ0) is 57.6. The van der Waals surface area contributed by atoms with Crippen LogP contribution in [0.2, 0.25) is 0 Å². The minimum Gasteiger partial charge on any atom is -0.443 e. The number of aliphatic hydroxyl groups excluding tert-OH is 2. The number of ether oxygens (including phenoxy) is 6. The number of hydrogen-bond donors (Lipinski definition) is 4. The molecule has 4 N–H and O–H groups in total. The summed E-state index contributed by atoms with van der Waals surface area (Å²) in [5.41, 5.74) is 3.59. The van der Waals surface area contributed by atoms with Crippen LogP contribution in [-0.2, 0) is 71.0 Å². The van der Waals surface area contributed by atoms with Gasteiger partial charge in [0.1, 0.15) is 12.2 Å². The Bertz CT molecular complexity index is 2670. The molecule has 0 radical (unpaired) electrons. The maximum atomic E-state index is 13.7. The number of carbonyl (C=O) groups excluding carboxylic acids is 2. The molecule has 448 valence electrons. The SMILES string of the molecule is Cc1ccc(S(=O)(=O)N(C[C@@H](O)[C@H](Cc2ccccc2)NC(=O)O[C@@H]2CO[C@@H]3OCCC[C@@H]32)OC2CCCC2)cc1.Cc1ccc(S(=O)(=O)N(C[C@@H](O)[C@H](Cc2ccccc2)NC(=O)O[C@H]2CO[C@H]3OCCC[C@H]32)OC2CCCC2)cc1. The summed E-state index contributed by atoms with van der Waals surface area (Å²) in [5, 5.41) is 28.5. The molecule has 0 unspecified atom stereocenters. The van der Waals surface area contributed by atoms with E-state index in [0.29, 0.717) is 13.2 Å². The van der Waals surface area contributed by atoms with Crippen molar-refractivity contribution in [3.05, 3.63) is 131 Å². The summed E-state index contributed by atoms with van der Waals surface area (Å²) >= 11 is 0. The highest BCUT2D eigenvalue weighted by molar-refractivity contribution is 7.89. The molecule has 2 amide bonds. The second-order valence-electron chi connectivity index (χ2n) is 22.3. The molecule has 4 aliphatic heterocycles. The average Bonchev–Trinajstić information content (AvgIpc) is 4.36. The zero-order valence-corrected chi connectivity index (χ0v) is 48.4. The number of hydroxylamine groups is 2. The standard InChI is InChI=1S/2C30H40N2O8S/c2*1-21-13-15-24(16-14-21)41(35,36)32(40-23-10-5-6-11-23)19-27(33)26(18-22-8-3-2-4-9-22)31-30(34)39-28-20-38-29-25(28)12-7-17-37-29/h2*2-4,8-9,13-16,23,25-29,33H,5-7,10-12,17-20H2,1H3,(H,31,34)/t25-,26+,27-,28-,29+;25-,26-,27+,28-,29+/m10/s1. The molecule has 4 aromatic carbocycles. The van der Waals surface area contributed by atoms with Crippen molar-refractivity contribution in [2.24, 2.45) is 11.8 Å². The highest BCUT2D eigenvalue weighted by Crippen LogP contribution is 2.35. The van der Waals surface area contributed by atoms with Crippen LogP contribution in [0.4, 0.5) is 9.59 Å². The summed E-state index contributed by atoms with van der Waals surface area (Å²) in [7, 11) is -8.18. The van der Waals surface area contributed by atoms with E-state index in [-0.39, 0.29) is 85.6 Å². The van der Waals surface area contributed by atoms with Gasteiger partial charge in [-0.1, -0.05) is 131 Å². The Morgan fingerprint density at radius 1 is 0.524 bits per heavy atom. The van der Waals surface area contributed by atoms with Crippen LogP contribution in [0.1, 0.15) is 99.3 Å². The van der Waals surface area contributed by atoms with Gasteiger partial charge >= 0.3 is 12.2 Å². The van der Waals surface area contributed by atoms with E-state index in [1.165, 1.54) is 24.3 Å². The molecule has 0 aromatic heterocycles. The van der Waals surface area contributed by atoms with E-state index in [0.717, 1.165) is 108 Å². The molecule has 6 aliphatic rings. The van der Waals surface area contributed by atoms with Crippen LogP contribution in [-0.4, -0.2) is 149 Å². The first-order chi connectivity index (χ1) is 39.6. The summed E-state index contributed by atoms with van der Waals surface area (Å²) in [5.74, 6) is -0.0797. The summed E-state index contributed by atoms with van der Waals surface area (Å²) in [4.78, 5) is 38.4. The molecule has 2 aliphatic carbocycles. The lowest BCUT2D eigenvalue weighted by atomic mass is 9.97. The molecule has 20 nitrogen and oxygen atoms in total. The van der Waals surface area contributed by atoms with E-state index in [2.05, 4.69) is 10.6 Å². The Morgan fingerprint density at radius 3 is 1.26 bits per heavy atom. The van der Waals surface area contributed by atoms with Crippen LogP contribution >= 0.6 is 0 Å². The number of hydrogen-bond acceptors (Lipinski definition) is 16. The van der Waals surface area contributed by atoms with Gasteiger partial charge in [0, 0.05) is 25.0 Å². The van der Waals surface area contributed by atoms with Gasteiger partial charge in [-0.2, -0.15) is 0 Å². The molecule has 2 saturated carbocycles. The lowest BCUT2D eigenvalue weighted by molar-refractivity contribution is -0.152. The summed E-state index contributed by atoms with van der Waals surface area (Å²) in [6.45, 7) is 4.76. The molecule has 4 aromatic rings. The number of nitrogens with one attached hydrogen (secondary N) is 2. The molecule has 10 atom stereocenters. The van der Waals surface area contributed by atoms with Crippen LogP contribution in [0.15, 0.2) is 119 Å². The quantitative estimate of drug-likeness (QED) is 0.0559. The van der Waals surface area contributed by atoms with Crippen molar-refractivity contribution < 1.29 is 74.7 Å². The van der Waals surface area contributed by atoms with Crippen molar-refractivity contribution in [2.75, 3.05) is 39.5 Å². The minimum atomic E-state index is -4.09. The fourth-order valence-electron chi connectivity index (χ4n) is 11.4. The molecule has 82 heavy (non-hydrogen) atoms. The van der Waals surface area contributed by atoms with Gasteiger partial charge in [0.25, 0.3) is 20.0 Å². The van der Waals surface area contributed by atoms with E-state index in [4.69, 9.17) is 38.1 Å². The minimum absolute atomic E-state index is 0.0399. The van der Waals surface area contributed by atoms with Crippen LogP contribution < -0.4 is 10.6 Å². The predicted octanol–water partition coefficient (Wildman–Crippen LogP) is 7.42. The molecule has 0 bridgehead atoms. The number of aryl methyl sites for hydroxylation is 2. The summed E-state index contributed by atoms with van der Waals surface area (Å²) in [6, 6.07) is 30.1. The molecular weight excluding hydrogens is 1100 g/mol. The first-order valence-corrected chi connectivity index (χ1v) is 31.8. The largest absolute Gasteiger partial charge is 0.443 e. The van der Waals surface area contributed by atoms with Crippen molar-refractivity contribution in [1.29, 1.82) is 0 Å². The van der Waals surface area contributed by atoms with Crippen molar-refractivity contribution in [2.45, 2.75) is 175 Å². The molecular formula is C60H80N4O16S2. The van der Waals surface area contributed by atoms with E-state index in [1.807, 2.05) is 74.5 Å². The Hall–Kier alpha value is -5.08. The van der Waals surface area contributed by atoms with E-state index < -0.39 is 68.7 Å². The van der Waals surface area contributed by atoms with Crippen LogP contribution in [0, 0.1) is 25.7 Å². The van der Waals surface area contributed by atoms with Crippen molar-refractivity contribution in [1.82, 2.24) is 19.6 Å². The third kappa shape index (κ3) is 16.6. The van der Waals surface area contributed by atoms with Crippen LogP contribution in [0.3, 0.4) is 0 Å². The van der Waals surface area contributed by atoms with E-state index in [9.17, 15) is 36.6 Å². The number of amides is 2. The Morgan fingerprint density at radius 2 is 0.890 bits per heavy atom. The van der Waals surface area contributed by atoms with Crippen molar-refractivity contribution >= 4 is 32.2 Å². The predicted molar refractivity (Wildman–Crippen MR) is 300 cm³/mol. The third-order valence-corrected chi connectivity index (χ3v) is 19.3. The van der Waals surface area contributed by atoms with Crippen molar-refractivity contribution in [3.63, 3.8) is 0 Å². The number of rotatable bonds is 22. The normalized spacial score (nSPS) is 24.6. The van der Waals surface area contributed by atoms with E-state index in [1.54, 1.807) is 24.3 Å². The van der Waals surface area contributed by atoms with Crippen LogP contribution in [0.5, 0.6) is 0 Å². The highest BCUT2D eigenvalue weighted by Gasteiger charge is 2.45. The first-order valence-electron chi connectivity index (χ1n) is 29.0. The number of aliphatic hydroxyl groups is 2. The van der Waals surface area contributed by atoms with Gasteiger partial charge in [-0.25, -0.2) is 26.4 Å². The van der Waals surface area contributed by atoms with Gasteiger partial charge in [0.05, 0.1) is 72.6 Å². The average molecular weight is 1180 g/mol. The van der Waals surface area contributed by atoms with E-state index >= 15 is 0 Å². The third-order valence-electron chi connectivity index (χ3n) is 16.1. The maximum Gasteiger partial charge on any atom is 0.407 e. The summed E-state index contributed by atoms with van der Waals surface area (Å²) < 4.78 is 90.6. The summed E-state index contributed by atoms with van der Waals surface area (Å²) in [6.07, 6.45) is 4.51. The molecule has 10 rings (SSSR count). The Balaban J connectivity index is 0.000000198. The number of nitrogens with zero attached hydrogens (tertiary/aromatic N) is 2. The number of sulfonamides is 2. The fraction of sp³-hybridized carbons (Fsp3) is 0.567. The number of carbonyl (C=O) groups is 2. The monoisotopic (exact) mass is 1180 g/mol. The second-order valence-corrected chi connectivity index (χ2v) is 25.9. The van der Waals surface area contributed by atoms with Gasteiger partial charge in [0.2, 0.25) is 0 Å². The number of benzene rings is 4. The Kier molecular flexibility index (Phi) is 21.9. The van der Waals surface area contributed by atoms with Gasteiger partial charge in [-0.15, -0.1) is 0 Å². The van der Waals surface area contributed by atoms with Gasteiger partial charge in [0.15, 0.2) is 12.6 Å². The Labute approximate surface area is 482 Å². The second kappa shape index (κ2) is 29.1. The molecule has 6 fully saturated rings. The zero-order valence-electron chi connectivity index (χ0n) is 46.8. The molecule has 0 spiro atoms. The molecule has 22 heteroatoms. The topological polar surface area (TPSA) is 247 Å². The fourth-order valence-corrected chi connectivity index (χ4v) is 14.0. The lowest BCUT2D eigenvalue weighted by Crippen LogP contribution is -2.51. The lowest BCUT2D eigenvalue weighted by Gasteiger charge is -2.31. The molecule has 4 saturated heterocycles. The van der Waals surface area contributed by atoms with Gasteiger partial charge in [-0.3, -0.25) is 9.68 Å². The van der Waals surface area contributed by atoms with Crippen molar-refractivity contribution in [3.8, 4) is 0 Å². The number of fused-ring (bicyclic) bond motifs is 2. The van der Waals surface area contributed by atoms with Gasteiger partial charge < -0.3 is 49.3 Å². The smallest absolute Gasteiger partial charge is 0.407 e. The van der Waals surface area contributed by atoms with Crippen LogP contribution in [0.25, 0.3) is 0 Å². The first kappa shape index (κ1) is 61.5. The highest BCUT2D eigenvalue weighted by atomic mass is 32.2. The molecule has 4 heterocycles. The number of alkyl carbamates (subject to hydrolysis) is 2. The van der Waals surface area contributed by atoms with Gasteiger partial charge in [-0.05, 0) is 113 Å². The maximum absolute atomic E-state index is 13.7.